The number of hydrogen-bond donors (Lipinski definition) is 1. The van der Waals surface area contributed by atoms with Gasteiger partial charge in [0.2, 0.25) is 0 Å². The first-order chi connectivity index (χ1) is 7.90. The number of rotatable bonds is 2. The van der Waals surface area contributed by atoms with Crippen molar-refractivity contribution >= 4 is 5.82 Å². The maximum atomic E-state index is 5.51. The second-order valence-electron chi connectivity index (χ2n) is 4.34. The molecule has 0 aromatic carbocycles. The summed E-state index contributed by atoms with van der Waals surface area (Å²) in [7, 11) is 0. The van der Waals surface area contributed by atoms with E-state index in [1.807, 2.05) is 12.1 Å². The third-order valence-corrected chi connectivity index (χ3v) is 3.09. The lowest BCUT2D eigenvalue weighted by Crippen LogP contribution is -2.28. The Morgan fingerprint density at radius 2 is 1.69 bits per heavy atom. The molecule has 0 unspecified atom stereocenters. The van der Waals surface area contributed by atoms with Crippen molar-refractivity contribution in [1.29, 1.82) is 0 Å². The molecule has 1 aliphatic rings. The first kappa shape index (κ1) is 11.3. The molecule has 1 fully saturated rings. The molecule has 88 valence electrons. The number of aromatic nitrogens is 2. The van der Waals surface area contributed by atoms with E-state index in [9.17, 15) is 0 Å². The van der Waals surface area contributed by atoms with Gasteiger partial charge in [-0.15, -0.1) is 5.10 Å². The average Bonchev–Trinajstić information content (AvgIpc) is 2.29. The van der Waals surface area contributed by atoms with Crippen LogP contribution < -0.4 is 10.6 Å². The van der Waals surface area contributed by atoms with Crippen molar-refractivity contribution in [1.82, 2.24) is 10.2 Å². The SMILES string of the molecule is NCc1ccc(N2CCCCCCC2)nn1. The third kappa shape index (κ3) is 2.92. The summed E-state index contributed by atoms with van der Waals surface area (Å²) in [6, 6.07) is 4.01. The van der Waals surface area contributed by atoms with E-state index >= 15 is 0 Å². The molecule has 1 saturated heterocycles. The van der Waals surface area contributed by atoms with E-state index in [0.717, 1.165) is 24.6 Å². The van der Waals surface area contributed by atoms with E-state index in [1.165, 1.54) is 32.1 Å². The molecule has 2 rings (SSSR count). The number of anilines is 1. The Labute approximate surface area is 96.9 Å². The fourth-order valence-corrected chi connectivity index (χ4v) is 2.11. The van der Waals surface area contributed by atoms with E-state index in [2.05, 4.69) is 15.1 Å². The van der Waals surface area contributed by atoms with Crippen molar-refractivity contribution in [2.75, 3.05) is 18.0 Å². The number of hydrogen-bond acceptors (Lipinski definition) is 4. The van der Waals surface area contributed by atoms with Gasteiger partial charge in [-0.2, -0.15) is 5.10 Å². The Morgan fingerprint density at radius 3 is 2.25 bits per heavy atom. The smallest absolute Gasteiger partial charge is 0.151 e. The molecule has 0 atom stereocenters. The van der Waals surface area contributed by atoms with Gasteiger partial charge in [0.05, 0.1) is 5.69 Å². The highest BCUT2D eigenvalue weighted by atomic mass is 15.3. The van der Waals surface area contributed by atoms with Crippen LogP contribution in [0.15, 0.2) is 12.1 Å². The number of nitrogens with two attached hydrogens (primary N) is 1. The molecule has 2 N–H and O–H groups in total. The van der Waals surface area contributed by atoms with Crippen molar-refractivity contribution in [2.24, 2.45) is 5.73 Å². The lowest BCUT2D eigenvalue weighted by Gasteiger charge is -2.25. The third-order valence-electron chi connectivity index (χ3n) is 3.09. The van der Waals surface area contributed by atoms with Crippen LogP contribution in [0, 0.1) is 0 Å². The van der Waals surface area contributed by atoms with Gasteiger partial charge in [0.15, 0.2) is 5.82 Å². The van der Waals surface area contributed by atoms with Gasteiger partial charge in [-0.25, -0.2) is 0 Å². The summed E-state index contributed by atoms with van der Waals surface area (Å²) in [4.78, 5) is 2.34. The summed E-state index contributed by atoms with van der Waals surface area (Å²) >= 11 is 0. The fourth-order valence-electron chi connectivity index (χ4n) is 2.11. The van der Waals surface area contributed by atoms with Gasteiger partial charge in [0.1, 0.15) is 0 Å². The Bertz CT molecular complexity index is 301. The van der Waals surface area contributed by atoms with Crippen LogP contribution in [-0.4, -0.2) is 23.3 Å². The molecule has 0 saturated carbocycles. The van der Waals surface area contributed by atoms with E-state index < -0.39 is 0 Å². The fraction of sp³-hybridized carbons (Fsp3) is 0.667. The monoisotopic (exact) mass is 220 g/mol. The minimum absolute atomic E-state index is 0.466. The highest BCUT2D eigenvalue weighted by Gasteiger charge is 2.10. The molecule has 0 amide bonds. The van der Waals surface area contributed by atoms with Crippen molar-refractivity contribution < 1.29 is 0 Å². The highest BCUT2D eigenvalue weighted by molar-refractivity contribution is 5.37. The average molecular weight is 220 g/mol. The van der Waals surface area contributed by atoms with E-state index in [0.29, 0.717) is 6.54 Å². The summed E-state index contributed by atoms with van der Waals surface area (Å²) in [6.45, 7) is 2.68. The highest BCUT2D eigenvalue weighted by Crippen LogP contribution is 2.16. The summed E-state index contributed by atoms with van der Waals surface area (Å²) in [5.74, 6) is 0.999. The lowest BCUT2D eigenvalue weighted by atomic mass is 10.1. The molecule has 4 heteroatoms. The normalized spacial score (nSPS) is 17.9. The largest absolute Gasteiger partial charge is 0.355 e. The van der Waals surface area contributed by atoms with Gasteiger partial charge in [-0.3, -0.25) is 0 Å². The van der Waals surface area contributed by atoms with Crippen LogP contribution in [0.1, 0.15) is 37.8 Å². The Morgan fingerprint density at radius 1 is 1.00 bits per heavy atom. The van der Waals surface area contributed by atoms with Crippen molar-refractivity contribution in [2.45, 2.75) is 38.6 Å². The van der Waals surface area contributed by atoms with Gasteiger partial charge < -0.3 is 10.6 Å². The van der Waals surface area contributed by atoms with Crippen LogP contribution in [0.5, 0.6) is 0 Å². The second kappa shape index (κ2) is 5.80. The van der Waals surface area contributed by atoms with E-state index in [-0.39, 0.29) is 0 Å². The summed E-state index contributed by atoms with van der Waals surface area (Å²) in [5, 5.41) is 8.35. The zero-order valence-electron chi connectivity index (χ0n) is 9.73. The first-order valence-corrected chi connectivity index (χ1v) is 6.18. The van der Waals surface area contributed by atoms with Crippen LogP contribution in [-0.2, 0) is 6.54 Å². The van der Waals surface area contributed by atoms with Crippen molar-refractivity contribution in [3.05, 3.63) is 17.8 Å². The van der Waals surface area contributed by atoms with Crippen LogP contribution in [0.4, 0.5) is 5.82 Å². The molecule has 1 aromatic rings. The van der Waals surface area contributed by atoms with Crippen molar-refractivity contribution in [3.63, 3.8) is 0 Å². The first-order valence-electron chi connectivity index (χ1n) is 6.18. The molecule has 2 heterocycles. The van der Waals surface area contributed by atoms with E-state index in [4.69, 9.17) is 5.73 Å². The molecule has 0 bridgehead atoms. The Hall–Kier alpha value is -1.16. The second-order valence-corrected chi connectivity index (χ2v) is 4.34. The van der Waals surface area contributed by atoms with Gasteiger partial charge in [-0.1, -0.05) is 19.3 Å². The maximum Gasteiger partial charge on any atom is 0.151 e. The topological polar surface area (TPSA) is 55.0 Å². The number of nitrogens with zero attached hydrogens (tertiary/aromatic N) is 3. The molecule has 0 spiro atoms. The summed E-state index contributed by atoms with van der Waals surface area (Å²) in [6.07, 6.45) is 6.59. The van der Waals surface area contributed by atoms with Crippen LogP contribution in [0.25, 0.3) is 0 Å². The summed E-state index contributed by atoms with van der Waals surface area (Å²) in [5.41, 5.74) is 6.37. The van der Waals surface area contributed by atoms with Gasteiger partial charge in [0, 0.05) is 19.6 Å². The Kier molecular flexibility index (Phi) is 4.10. The molecule has 1 aliphatic heterocycles. The van der Waals surface area contributed by atoms with Crippen LogP contribution in [0.2, 0.25) is 0 Å². The predicted molar refractivity (Wildman–Crippen MR) is 65.2 cm³/mol. The zero-order chi connectivity index (χ0) is 11.2. The van der Waals surface area contributed by atoms with Crippen LogP contribution in [0.3, 0.4) is 0 Å². The zero-order valence-corrected chi connectivity index (χ0v) is 9.73. The molecule has 0 aliphatic carbocycles. The van der Waals surface area contributed by atoms with E-state index in [1.54, 1.807) is 0 Å². The molecular weight excluding hydrogens is 200 g/mol. The molecule has 0 radical (unpaired) electrons. The molecule has 16 heavy (non-hydrogen) atoms. The lowest BCUT2D eigenvalue weighted by molar-refractivity contribution is 0.552. The maximum absolute atomic E-state index is 5.51. The quantitative estimate of drug-likeness (QED) is 0.824. The molecule has 1 aromatic heterocycles. The minimum atomic E-state index is 0.466. The van der Waals surface area contributed by atoms with Crippen molar-refractivity contribution in [3.8, 4) is 0 Å². The molecular formula is C12H20N4. The predicted octanol–water partition coefficient (Wildman–Crippen LogP) is 1.71. The van der Waals surface area contributed by atoms with Gasteiger partial charge in [-0.05, 0) is 25.0 Å². The van der Waals surface area contributed by atoms with Gasteiger partial charge in [0.25, 0.3) is 0 Å². The van der Waals surface area contributed by atoms with Crippen LogP contribution >= 0.6 is 0 Å². The standard InChI is InChI=1S/C12H20N4/c13-10-11-6-7-12(15-14-11)16-8-4-2-1-3-5-9-16/h6-7H,1-5,8-10,13H2. The minimum Gasteiger partial charge on any atom is -0.355 e. The molecule has 4 nitrogen and oxygen atoms in total. The Balaban J connectivity index is 2.02. The van der Waals surface area contributed by atoms with Gasteiger partial charge >= 0.3 is 0 Å². The summed E-state index contributed by atoms with van der Waals surface area (Å²) < 4.78 is 0.